The Balaban J connectivity index is 2.76. The van der Waals surface area contributed by atoms with Gasteiger partial charge in [-0.05, 0) is 24.3 Å². The van der Waals surface area contributed by atoms with Crippen molar-refractivity contribution < 1.29 is 0 Å². The van der Waals surface area contributed by atoms with E-state index in [1.165, 1.54) is 0 Å². The van der Waals surface area contributed by atoms with Crippen molar-refractivity contribution in [3.63, 3.8) is 0 Å². The summed E-state index contributed by atoms with van der Waals surface area (Å²) in [5.74, 6) is 9.22. The summed E-state index contributed by atoms with van der Waals surface area (Å²) in [6, 6.07) is 13.5. The van der Waals surface area contributed by atoms with Crippen molar-refractivity contribution in [2.24, 2.45) is 0 Å². The lowest BCUT2D eigenvalue weighted by molar-refractivity contribution is 1.18. The predicted molar refractivity (Wildman–Crippen MR) is 57.5 cm³/mol. The molecule has 0 aromatic heterocycles. The molecular formula is C10H8N2S. The van der Waals surface area contributed by atoms with Gasteiger partial charge in [0.1, 0.15) is 0 Å². The molecule has 0 amide bonds. The van der Waals surface area contributed by atoms with Crippen molar-refractivity contribution in [2.75, 3.05) is 4.41 Å². The average Bonchev–Trinajstić information content (AvgIpc) is 2.17. The van der Waals surface area contributed by atoms with E-state index in [1.54, 1.807) is 0 Å². The van der Waals surface area contributed by atoms with Gasteiger partial charge in [-0.1, -0.05) is 36.4 Å². The lowest BCUT2D eigenvalue weighted by atomic mass is 10.1. The molecule has 0 saturated carbocycles. The van der Waals surface area contributed by atoms with Crippen LogP contribution in [0.2, 0.25) is 0 Å². The molecule has 0 bridgehead atoms. The maximum atomic E-state index is 9.22. The van der Waals surface area contributed by atoms with Gasteiger partial charge in [0, 0.05) is 11.2 Å². The normalized spacial score (nSPS) is 10.3. The highest BCUT2D eigenvalue weighted by Crippen LogP contribution is 2.25. The Bertz CT molecular complexity index is 421. The fourth-order valence-electron chi connectivity index (χ4n) is 1.38. The number of anilines is 1. The Labute approximate surface area is 82.5 Å². The van der Waals surface area contributed by atoms with E-state index in [-0.39, 0.29) is 0 Å². The van der Waals surface area contributed by atoms with Crippen LogP contribution in [-0.4, -0.2) is 0 Å². The van der Waals surface area contributed by atoms with Gasteiger partial charge >= 0.3 is 0 Å². The molecule has 2 nitrogen and oxygen atoms in total. The molecule has 0 aliphatic heterocycles. The van der Waals surface area contributed by atoms with E-state index >= 15 is 0 Å². The zero-order valence-electron chi connectivity index (χ0n) is 6.88. The van der Waals surface area contributed by atoms with Crippen molar-refractivity contribution in [3.05, 3.63) is 42.5 Å². The molecule has 0 saturated heterocycles. The number of nitrogens with zero attached hydrogens (tertiary/aromatic N) is 2. The average molecular weight is 188 g/mol. The van der Waals surface area contributed by atoms with Crippen LogP contribution in [0.25, 0.3) is 10.8 Å². The summed E-state index contributed by atoms with van der Waals surface area (Å²) in [6.07, 6.45) is 0. The van der Waals surface area contributed by atoms with Gasteiger partial charge in [-0.2, -0.15) is 0 Å². The van der Waals surface area contributed by atoms with Crippen LogP contribution in [0.1, 0.15) is 0 Å². The third-order valence-electron chi connectivity index (χ3n) is 1.98. The van der Waals surface area contributed by atoms with Crippen molar-refractivity contribution in [1.82, 2.24) is 5.84 Å². The standard InChI is InChI=1S/C10H8N2S/c11-12(13)10-7-3-5-8-4-1-2-6-9(8)10/h1-7,13H. The third kappa shape index (κ3) is 1.48. The molecule has 0 aliphatic carbocycles. The summed E-state index contributed by atoms with van der Waals surface area (Å²) in [4.78, 5) is 0. The van der Waals surface area contributed by atoms with E-state index in [0.29, 0.717) is 5.69 Å². The van der Waals surface area contributed by atoms with Gasteiger partial charge in [0.05, 0.1) is 5.69 Å². The van der Waals surface area contributed by atoms with E-state index in [2.05, 4.69) is 12.8 Å². The number of benzene rings is 2. The van der Waals surface area contributed by atoms with Crippen LogP contribution in [0.5, 0.6) is 0 Å². The molecule has 2 aromatic rings. The minimum absolute atomic E-state index is 0.696. The Hall–Kier alpha value is -1.19. The highest BCUT2D eigenvalue weighted by molar-refractivity contribution is 7.81. The van der Waals surface area contributed by atoms with Crippen molar-refractivity contribution in [2.45, 2.75) is 0 Å². The molecule has 13 heavy (non-hydrogen) atoms. The first-order valence-electron chi connectivity index (χ1n) is 3.94. The van der Waals surface area contributed by atoms with Crippen LogP contribution in [0.4, 0.5) is 5.69 Å². The molecule has 2 aromatic carbocycles. The maximum Gasteiger partial charge on any atom is 0.0756 e. The zero-order chi connectivity index (χ0) is 9.26. The second-order valence-electron chi connectivity index (χ2n) is 2.79. The molecule has 3 heteroatoms. The van der Waals surface area contributed by atoms with E-state index < -0.39 is 0 Å². The lowest BCUT2D eigenvalue weighted by Gasteiger charge is -2.09. The number of rotatable bonds is 1. The Kier molecular flexibility index (Phi) is 2.12. The lowest BCUT2D eigenvalue weighted by Crippen LogP contribution is -2.05. The topological polar surface area (TPSA) is 25.5 Å². The van der Waals surface area contributed by atoms with E-state index in [0.717, 1.165) is 15.2 Å². The second kappa shape index (κ2) is 3.28. The first-order valence-corrected chi connectivity index (χ1v) is 4.34. The monoisotopic (exact) mass is 188 g/mol. The molecule has 0 spiro atoms. The summed E-state index contributed by atoms with van der Waals surface area (Å²) in [6.45, 7) is 0. The Morgan fingerprint density at radius 3 is 2.46 bits per heavy atom. The fourth-order valence-corrected chi connectivity index (χ4v) is 1.56. The van der Waals surface area contributed by atoms with E-state index in [1.807, 2.05) is 42.5 Å². The fraction of sp³-hybridized carbons (Fsp3) is 0. The van der Waals surface area contributed by atoms with Gasteiger partial charge in [-0.25, -0.2) is 4.41 Å². The summed E-state index contributed by atoms with van der Waals surface area (Å²) >= 11 is 3.85. The summed E-state index contributed by atoms with van der Waals surface area (Å²) in [5, 5.41) is 2.08. The quantitative estimate of drug-likeness (QED) is 0.540. The molecule has 0 atom stereocenters. The number of thiol groups is 1. The van der Waals surface area contributed by atoms with E-state index in [4.69, 9.17) is 0 Å². The van der Waals surface area contributed by atoms with Crippen molar-refractivity contribution in [3.8, 4) is 0 Å². The van der Waals surface area contributed by atoms with Gasteiger partial charge in [0.15, 0.2) is 0 Å². The highest BCUT2D eigenvalue weighted by Gasteiger charge is 2.02. The highest BCUT2D eigenvalue weighted by atomic mass is 32.1. The molecular weight excluding hydrogens is 180 g/mol. The second-order valence-corrected chi connectivity index (χ2v) is 3.17. The largest absolute Gasteiger partial charge is 0.217 e. The number of hydrogen-bond donors (Lipinski definition) is 1. The molecule has 0 N–H and O–H groups in total. The van der Waals surface area contributed by atoms with Gasteiger partial charge < -0.3 is 0 Å². The number of hydrogen-bond acceptors (Lipinski definition) is 2. The Morgan fingerprint density at radius 1 is 1.00 bits per heavy atom. The van der Waals surface area contributed by atoms with Crippen LogP contribution in [-0.2, 0) is 0 Å². The maximum absolute atomic E-state index is 9.22. The summed E-state index contributed by atoms with van der Waals surface area (Å²) < 4.78 is 0.836. The first kappa shape index (κ1) is 8.41. The van der Waals surface area contributed by atoms with Gasteiger partial charge in [0.2, 0.25) is 0 Å². The van der Waals surface area contributed by atoms with Gasteiger partial charge in [0.25, 0.3) is 0 Å². The minimum Gasteiger partial charge on any atom is -0.217 e. The van der Waals surface area contributed by atoms with Crippen LogP contribution in [0, 0.1) is 0 Å². The molecule has 0 fully saturated rings. The molecule has 2 rings (SSSR count). The van der Waals surface area contributed by atoms with Crippen LogP contribution >= 0.6 is 12.8 Å². The molecule has 0 heterocycles. The molecule has 0 unspecified atom stereocenters. The Morgan fingerprint density at radius 2 is 1.69 bits per heavy atom. The summed E-state index contributed by atoms with van der Waals surface area (Å²) in [5.41, 5.74) is 0.696. The van der Waals surface area contributed by atoms with Crippen molar-refractivity contribution >= 4 is 29.3 Å². The third-order valence-corrected chi connectivity index (χ3v) is 2.20. The molecule has 64 valence electrons. The van der Waals surface area contributed by atoms with Crippen LogP contribution < -0.4 is 10.3 Å². The van der Waals surface area contributed by atoms with Gasteiger partial charge in [-0.3, -0.25) is 0 Å². The smallest absolute Gasteiger partial charge is 0.0756 e. The van der Waals surface area contributed by atoms with Crippen LogP contribution in [0.15, 0.2) is 42.5 Å². The molecule has 0 aliphatic rings. The first-order chi connectivity index (χ1) is 6.29. The van der Waals surface area contributed by atoms with Crippen LogP contribution in [0.3, 0.4) is 0 Å². The molecule has 2 radical (unpaired) electrons. The predicted octanol–water partition coefficient (Wildman–Crippen LogP) is 2.47. The minimum atomic E-state index is 0.696. The zero-order valence-corrected chi connectivity index (χ0v) is 7.78. The van der Waals surface area contributed by atoms with Crippen molar-refractivity contribution in [1.29, 1.82) is 0 Å². The van der Waals surface area contributed by atoms with E-state index in [9.17, 15) is 5.84 Å². The summed E-state index contributed by atoms with van der Waals surface area (Å²) in [7, 11) is 0. The number of fused-ring (bicyclic) bond motifs is 1. The SMILES string of the molecule is [N]N(S)c1cccc2ccccc12. The van der Waals surface area contributed by atoms with Gasteiger partial charge in [-0.15, -0.1) is 0 Å².